The van der Waals surface area contributed by atoms with E-state index in [9.17, 15) is 8.78 Å². The highest BCUT2D eigenvalue weighted by molar-refractivity contribution is 7.20. The molecule has 0 atom stereocenters. The van der Waals surface area contributed by atoms with Crippen LogP contribution in [0, 0.1) is 11.3 Å². The first-order valence-electron chi connectivity index (χ1n) is 9.18. The highest BCUT2D eigenvalue weighted by Gasteiger charge is 2.25. The van der Waals surface area contributed by atoms with E-state index in [2.05, 4.69) is 25.6 Å². The second-order valence-electron chi connectivity index (χ2n) is 6.80. The molecule has 0 unspecified atom stereocenters. The van der Waals surface area contributed by atoms with Gasteiger partial charge in [0.1, 0.15) is 5.75 Å². The van der Waals surface area contributed by atoms with Gasteiger partial charge in [-0.25, -0.2) is 4.98 Å². The fraction of sp³-hybridized carbons (Fsp3) is 0.474. The number of hydrogen-bond donors (Lipinski definition) is 0. The quantitative estimate of drug-likeness (QED) is 0.563. The molecule has 10 heteroatoms. The number of anilines is 1. The van der Waals surface area contributed by atoms with Gasteiger partial charge in [-0.2, -0.15) is 14.0 Å². The van der Waals surface area contributed by atoms with E-state index in [-0.39, 0.29) is 22.0 Å². The SMILES string of the molecule is CN(CCC#N)C1CCN(c2nc(-c3cc(Cl)ccc3OC(F)F)c([NH-])s2)CC1. The molecular weight excluding hydrogens is 420 g/mol. The summed E-state index contributed by atoms with van der Waals surface area (Å²) in [5, 5.41) is 9.96. The zero-order valence-electron chi connectivity index (χ0n) is 15.9. The Morgan fingerprint density at radius 3 is 2.83 bits per heavy atom. The van der Waals surface area contributed by atoms with E-state index in [1.54, 1.807) is 0 Å². The van der Waals surface area contributed by atoms with Crippen molar-refractivity contribution in [3.8, 4) is 23.1 Å². The third-order valence-corrected chi connectivity index (χ3v) is 6.13. The Hall–Kier alpha value is -2.15. The Morgan fingerprint density at radius 2 is 2.17 bits per heavy atom. The zero-order valence-corrected chi connectivity index (χ0v) is 17.4. The van der Waals surface area contributed by atoms with Crippen LogP contribution in [0.15, 0.2) is 18.2 Å². The predicted molar refractivity (Wildman–Crippen MR) is 111 cm³/mol. The third kappa shape index (κ3) is 5.26. The van der Waals surface area contributed by atoms with E-state index in [0.717, 1.165) is 32.5 Å². The highest BCUT2D eigenvalue weighted by Crippen LogP contribution is 2.44. The van der Waals surface area contributed by atoms with Gasteiger partial charge in [-0.05, 0) is 38.1 Å². The van der Waals surface area contributed by atoms with Crippen LogP contribution < -0.4 is 9.64 Å². The topological polar surface area (TPSA) is 76.2 Å². The molecule has 0 spiro atoms. The second kappa shape index (κ2) is 9.57. The lowest BCUT2D eigenvalue weighted by Gasteiger charge is -2.36. The van der Waals surface area contributed by atoms with Gasteiger partial charge in [0.25, 0.3) is 0 Å². The fourth-order valence-corrected chi connectivity index (χ4v) is 4.48. The van der Waals surface area contributed by atoms with Crippen molar-refractivity contribution >= 4 is 33.1 Å². The summed E-state index contributed by atoms with van der Waals surface area (Å²) in [6.45, 7) is -0.659. The van der Waals surface area contributed by atoms with E-state index in [0.29, 0.717) is 22.6 Å². The van der Waals surface area contributed by atoms with Crippen LogP contribution in [0.3, 0.4) is 0 Å². The van der Waals surface area contributed by atoms with Gasteiger partial charge in [-0.15, -0.1) is 11.3 Å². The molecular formula is C19H21ClF2N5OS-. The molecule has 1 N–H and O–H groups in total. The van der Waals surface area contributed by atoms with Gasteiger partial charge in [-0.3, -0.25) is 0 Å². The van der Waals surface area contributed by atoms with Crippen LogP contribution in [0.25, 0.3) is 17.0 Å². The Bertz CT molecular complexity index is 880. The van der Waals surface area contributed by atoms with E-state index in [1.165, 1.54) is 29.5 Å². The average Bonchev–Trinajstić information content (AvgIpc) is 3.08. The number of rotatable bonds is 7. The van der Waals surface area contributed by atoms with Crippen LogP contribution in [-0.4, -0.2) is 49.2 Å². The monoisotopic (exact) mass is 440 g/mol. The first kappa shape index (κ1) is 21.6. The Morgan fingerprint density at radius 1 is 1.45 bits per heavy atom. The van der Waals surface area contributed by atoms with E-state index < -0.39 is 6.61 Å². The van der Waals surface area contributed by atoms with Crippen LogP contribution in [0.1, 0.15) is 19.3 Å². The van der Waals surface area contributed by atoms with Crippen LogP contribution in [0.2, 0.25) is 5.02 Å². The molecule has 6 nitrogen and oxygen atoms in total. The minimum absolute atomic E-state index is 0.0485. The Balaban J connectivity index is 1.75. The smallest absolute Gasteiger partial charge is 0.387 e. The van der Waals surface area contributed by atoms with Crippen molar-refractivity contribution in [1.29, 1.82) is 5.26 Å². The lowest BCUT2D eigenvalue weighted by molar-refractivity contribution is -0.0494. The number of aromatic nitrogens is 1. The lowest BCUT2D eigenvalue weighted by atomic mass is 10.0. The summed E-state index contributed by atoms with van der Waals surface area (Å²) in [5.41, 5.74) is 8.86. The highest BCUT2D eigenvalue weighted by atomic mass is 35.5. The van der Waals surface area contributed by atoms with Crippen molar-refractivity contribution in [1.82, 2.24) is 9.88 Å². The summed E-state index contributed by atoms with van der Waals surface area (Å²) < 4.78 is 30.1. The third-order valence-electron chi connectivity index (χ3n) is 4.96. The molecule has 1 aliphatic rings. The molecule has 1 saturated heterocycles. The number of benzene rings is 1. The van der Waals surface area contributed by atoms with Gasteiger partial charge in [0.05, 0.1) is 11.8 Å². The number of ether oxygens (including phenoxy) is 1. The summed E-state index contributed by atoms with van der Waals surface area (Å²) in [6.07, 6.45) is 2.37. The molecule has 1 aromatic heterocycles. The number of thiazole rings is 1. The molecule has 0 aliphatic carbocycles. The van der Waals surface area contributed by atoms with Gasteiger partial charge in [0.2, 0.25) is 0 Å². The molecule has 0 bridgehead atoms. The molecule has 2 heterocycles. The van der Waals surface area contributed by atoms with Crippen LogP contribution in [0.5, 0.6) is 5.75 Å². The molecule has 29 heavy (non-hydrogen) atoms. The summed E-state index contributed by atoms with van der Waals surface area (Å²) in [7, 11) is 2.03. The van der Waals surface area contributed by atoms with Gasteiger partial charge >= 0.3 is 6.61 Å². The van der Waals surface area contributed by atoms with Crippen LogP contribution in [-0.2, 0) is 0 Å². The number of nitrogens with one attached hydrogen (secondary N) is 1. The van der Waals surface area contributed by atoms with Crippen LogP contribution >= 0.6 is 22.9 Å². The summed E-state index contributed by atoms with van der Waals surface area (Å²) in [5.74, 6) is -0.0485. The van der Waals surface area contributed by atoms with Crippen molar-refractivity contribution in [2.75, 3.05) is 31.6 Å². The minimum Gasteiger partial charge on any atom is -0.688 e. The molecule has 1 aliphatic heterocycles. The van der Waals surface area contributed by atoms with Crippen molar-refractivity contribution in [2.24, 2.45) is 0 Å². The van der Waals surface area contributed by atoms with E-state index in [4.69, 9.17) is 22.6 Å². The van der Waals surface area contributed by atoms with Crippen molar-refractivity contribution < 1.29 is 13.5 Å². The maximum Gasteiger partial charge on any atom is 0.387 e. The number of alkyl halides is 2. The fourth-order valence-electron chi connectivity index (χ4n) is 3.42. The van der Waals surface area contributed by atoms with Gasteiger partial charge in [-0.1, -0.05) is 16.6 Å². The summed E-state index contributed by atoms with van der Waals surface area (Å²) >= 11 is 7.24. The molecule has 2 aromatic rings. The van der Waals surface area contributed by atoms with E-state index >= 15 is 0 Å². The second-order valence-corrected chi connectivity index (χ2v) is 8.21. The summed E-state index contributed by atoms with van der Waals surface area (Å²) in [6, 6.07) is 6.90. The van der Waals surface area contributed by atoms with Crippen molar-refractivity contribution in [3.63, 3.8) is 0 Å². The molecule has 1 fully saturated rings. The Kier molecular flexibility index (Phi) is 7.11. The predicted octanol–water partition coefficient (Wildman–Crippen LogP) is 5.56. The maximum atomic E-state index is 12.7. The van der Waals surface area contributed by atoms with Gasteiger partial charge in [0, 0.05) is 42.7 Å². The molecule has 0 amide bonds. The van der Waals surface area contributed by atoms with Gasteiger partial charge < -0.3 is 20.3 Å². The van der Waals surface area contributed by atoms with Crippen LogP contribution in [0.4, 0.5) is 18.9 Å². The molecule has 1 aromatic carbocycles. The number of halogens is 3. The van der Waals surface area contributed by atoms with Crippen molar-refractivity contribution in [2.45, 2.75) is 31.9 Å². The first-order chi connectivity index (χ1) is 13.9. The minimum atomic E-state index is -2.97. The number of piperidine rings is 1. The first-order valence-corrected chi connectivity index (χ1v) is 10.4. The standard InChI is InChI=1S/C19H21ClF2N5OS/c1-26(8-2-7-23)13-5-9-27(10-6-13)19-25-16(17(24)29-19)14-11-12(20)3-4-15(14)28-18(21)22/h3-4,11,13,18,24H,2,5-6,8-10H2,1H3/q-1. The normalized spacial score (nSPS) is 15.1. The largest absolute Gasteiger partial charge is 0.688 e. The number of nitrogens with zero attached hydrogens (tertiary/aromatic N) is 4. The number of hydrogen-bond acceptors (Lipinski definition) is 6. The Labute approximate surface area is 177 Å². The summed E-state index contributed by atoms with van der Waals surface area (Å²) in [4.78, 5) is 8.87. The molecule has 156 valence electrons. The van der Waals surface area contributed by atoms with Crippen molar-refractivity contribution in [3.05, 3.63) is 29.0 Å². The average molecular weight is 441 g/mol. The van der Waals surface area contributed by atoms with E-state index in [1.807, 2.05) is 7.05 Å². The van der Waals surface area contributed by atoms with Gasteiger partial charge in [0.15, 0.2) is 5.13 Å². The molecule has 0 saturated carbocycles. The molecule has 3 rings (SSSR count). The lowest BCUT2D eigenvalue weighted by Crippen LogP contribution is -2.43. The number of nitriles is 1. The maximum absolute atomic E-state index is 12.7. The molecule has 0 radical (unpaired) electrons. The zero-order chi connectivity index (χ0) is 21.0.